The van der Waals surface area contributed by atoms with Crippen molar-refractivity contribution in [2.45, 2.75) is 4.90 Å². The van der Waals surface area contributed by atoms with Gasteiger partial charge in [0.2, 0.25) is 0 Å². The van der Waals surface area contributed by atoms with Crippen LogP contribution in [0.4, 0.5) is 5.69 Å². The van der Waals surface area contributed by atoms with E-state index in [4.69, 9.17) is 25.3 Å². The van der Waals surface area contributed by atoms with Crippen LogP contribution < -0.4 is 13.7 Å². The van der Waals surface area contributed by atoms with E-state index < -0.39 is 10.1 Å². The molecule has 8 heteroatoms. The van der Waals surface area contributed by atoms with Gasteiger partial charge in [-0.2, -0.15) is 8.42 Å². The smallest absolute Gasteiger partial charge is 0.339 e. The first-order valence-corrected chi connectivity index (χ1v) is 10.3. The molecule has 0 saturated heterocycles. The molecule has 0 radical (unpaired) electrons. The number of benzene rings is 3. The minimum Gasteiger partial charge on any atom is -0.497 e. The maximum absolute atomic E-state index is 12.5. The second kappa shape index (κ2) is 8.98. The molecule has 0 amide bonds. The number of halogens is 1. The highest BCUT2D eigenvalue weighted by Gasteiger charge is 2.19. The van der Waals surface area contributed by atoms with Crippen molar-refractivity contribution >= 4 is 33.6 Å². The molecule has 0 aromatic heterocycles. The fourth-order valence-electron chi connectivity index (χ4n) is 2.42. The van der Waals surface area contributed by atoms with E-state index in [2.05, 4.69) is 4.99 Å². The maximum atomic E-state index is 12.5. The number of ether oxygens (including phenoxy) is 2. The van der Waals surface area contributed by atoms with Crippen LogP contribution >= 0.6 is 11.6 Å². The molecule has 3 aromatic carbocycles. The zero-order valence-corrected chi connectivity index (χ0v) is 17.3. The summed E-state index contributed by atoms with van der Waals surface area (Å²) in [5.41, 5.74) is 1.46. The summed E-state index contributed by atoms with van der Waals surface area (Å²) in [4.78, 5) is 4.37. The minimum absolute atomic E-state index is 0.00546. The van der Waals surface area contributed by atoms with Gasteiger partial charge in [-0.25, -0.2) is 0 Å². The quantitative estimate of drug-likeness (QED) is 0.394. The van der Waals surface area contributed by atoms with Crippen molar-refractivity contribution < 1.29 is 22.1 Å². The lowest BCUT2D eigenvalue weighted by Gasteiger charge is -2.11. The molecule has 0 unspecified atom stereocenters. The molecule has 150 valence electrons. The number of rotatable bonds is 7. The number of nitrogens with zero attached hydrogens (tertiary/aromatic N) is 1. The molecule has 0 heterocycles. The van der Waals surface area contributed by atoms with E-state index in [1.165, 1.54) is 37.4 Å². The van der Waals surface area contributed by atoms with Gasteiger partial charge in [-0.05, 0) is 72.3 Å². The van der Waals surface area contributed by atoms with Crippen molar-refractivity contribution in [1.82, 2.24) is 0 Å². The number of aliphatic imine (C=N–C) groups is 1. The summed E-state index contributed by atoms with van der Waals surface area (Å²) in [5, 5.41) is 0.432. The Balaban J connectivity index is 1.81. The lowest BCUT2D eigenvalue weighted by Crippen LogP contribution is -2.10. The van der Waals surface area contributed by atoms with Crippen LogP contribution in [-0.4, -0.2) is 28.9 Å². The van der Waals surface area contributed by atoms with Gasteiger partial charge >= 0.3 is 10.1 Å². The fraction of sp³-hybridized carbons (Fsp3) is 0.0952. The first-order valence-electron chi connectivity index (χ1n) is 8.47. The molecule has 0 saturated carbocycles. The predicted octanol–water partition coefficient (Wildman–Crippen LogP) is 4.88. The molecule has 0 aliphatic heterocycles. The standard InChI is InChI=1S/C21H18ClNO5S/c1-26-18-8-6-17(7-9-18)23-14-15-3-12-20(21(13-15)27-2)28-29(24,25)19-10-4-16(22)5-11-19/h3-14H,1-2H3. The molecule has 3 aromatic rings. The highest BCUT2D eigenvalue weighted by atomic mass is 35.5. The monoisotopic (exact) mass is 431 g/mol. The zero-order valence-electron chi connectivity index (χ0n) is 15.7. The average Bonchev–Trinajstić information content (AvgIpc) is 2.73. The Labute approximate surface area is 174 Å². The molecular formula is C21H18ClNO5S. The van der Waals surface area contributed by atoms with E-state index in [0.717, 1.165) is 11.4 Å². The lowest BCUT2D eigenvalue weighted by molar-refractivity contribution is 0.390. The van der Waals surface area contributed by atoms with Crippen molar-refractivity contribution in [3.8, 4) is 17.2 Å². The minimum atomic E-state index is -4.02. The van der Waals surface area contributed by atoms with Gasteiger partial charge in [0.25, 0.3) is 0 Å². The Bertz CT molecular complexity index is 1110. The fourth-order valence-corrected chi connectivity index (χ4v) is 3.48. The van der Waals surface area contributed by atoms with Gasteiger partial charge in [-0.3, -0.25) is 4.99 Å². The predicted molar refractivity (Wildman–Crippen MR) is 113 cm³/mol. The van der Waals surface area contributed by atoms with Crippen molar-refractivity contribution in [2.24, 2.45) is 4.99 Å². The van der Waals surface area contributed by atoms with Crippen molar-refractivity contribution in [3.05, 3.63) is 77.3 Å². The third kappa shape index (κ3) is 5.28. The van der Waals surface area contributed by atoms with Crippen LogP contribution in [-0.2, 0) is 10.1 Å². The highest BCUT2D eigenvalue weighted by molar-refractivity contribution is 7.87. The van der Waals surface area contributed by atoms with Crippen LogP contribution in [0.5, 0.6) is 17.2 Å². The number of methoxy groups -OCH3 is 2. The molecule has 0 N–H and O–H groups in total. The third-order valence-electron chi connectivity index (χ3n) is 3.92. The van der Waals surface area contributed by atoms with E-state index >= 15 is 0 Å². The molecule has 3 rings (SSSR count). The largest absolute Gasteiger partial charge is 0.497 e. The van der Waals surface area contributed by atoms with Gasteiger partial charge < -0.3 is 13.7 Å². The highest BCUT2D eigenvalue weighted by Crippen LogP contribution is 2.31. The summed E-state index contributed by atoms with van der Waals surface area (Å²) in [6, 6.07) is 17.8. The Morgan fingerprint density at radius 3 is 2.17 bits per heavy atom. The lowest BCUT2D eigenvalue weighted by atomic mass is 10.2. The van der Waals surface area contributed by atoms with Gasteiger partial charge in [0.1, 0.15) is 10.6 Å². The summed E-state index contributed by atoms with van der Waals surface area (Å²) in [6.45, 7) is 0. The molecule has 0 atom stereocenters. The van der Waals surface area contributed by atoms with Gasteiger partial charge in [0, 0.05) is 11.2 Å². The van der Waals surface area contributed by atoms with Gasteiger partial charge in [-0.15, -0.1) is 0 Å². The van der Waals surface area contributed by atoms with Crippen LogP contribution in [0.2, 0.25) is 5.02 Å². The topological polar surface area (TPSA) is 74.2 Å². The molecule has 6 nitrogen and oxygen atoms in total. The SMILES string of the molecule is COc1ccc(N=Cc2ccc(OS(=O)(=O)c3ccc(Cl)cc3)c(OC)c2)cc1. The Morgan fingerprint density at radius 1 is 0.862 bits per heavy atom. The van der Waals surface area contributed by atoms with Crippen LogP contribution in [0.1, 0.15) is 5.56 Å². The summed E-state index contributed by atoms with van der Waals surface area (Å²) < 4.78 is 40.6. The Kier molecular flexibility index (Phi) is 6.41. The second-order valence-electron chi connectivity index (χ2n) is 5.86. The molecule has 0 fully saturated rings. The zero-order chi connectivity index (χ0) is 20.9. The number of hydrogen-bond donors (Lipinski definition) is 0. The van der Waals surface area contributed by atoms with Crippen LogP contribution in [0, 0.1) is 0 Å². The van der Waals surface area contributed by atoms with E-state index in [9.17, 15) is 8.42 Å². The second-order valence-corrected chi connectivity index (χ2v) is 7.84. The normalized spacial score (nSPS) is 11.4. The molecule has 0 bridgehead atoms. The molecular weight excluding hydrogens is 414 g/mol. The van der Waals surface area contributed by atoms with Crippen molar-refractivity contribution in [1.29, 1.82) is 0 Å². The number of hydrogen-bond acceptors (Lipinski definition) is 6. The maximum Gasteiger partial charge on any atom is 0.339 e. The molecule has 0 aliphatic rings. The van der Waals surface area contributed by atoms with E-state index in [0.29, 0.717) is 10.6 Å². The first-order chi connectivity index (χ1) is 13.9. The Hall–Kier alpha value is -3.03. The Morgan fingerprint density at radius 2 is 1.55 bits per heavy atom. The third-order valence-corrected chi connectivity index (χ3v) is 5.43. The molecule has 0 aliphatic carbocycles. The average molecular weight is 432 g/mol. The summed E-state index contributed by atoms with van der Waals surface area (Å²) in [6.07, 6.45) is 1.64. The molecule has 0 spiro atoms. The van der Waals surface area contributed by atoms with Gasteiger partial charge in [-0.1, -0.05) is 11.6 Å². The summed E-state index contributed by atoms with van der Waals surface area (Å²) in [5.74, 6) is 1.08. The summed E-state index contributed by atoms with van der Waals surface area (Å²) >= 11 is 5.80. The summed E-state index contributed by atoms with van der Waals surface area (Å²) in [7, 11) is -0.991. The van der Waals surface area contributed by atoms with Crippen LogP contribution in [0.3, 0.4) is 0 Å². The first kappa shape index (κ1) is 20.7. The van der Waals surface area contributed by atoms with Crippen LogP contribution in [0.15, 0.2) is 76.6 Å². The van der Waals surface area contributed by atoms with Crippen molar-refractivity contribution in [3.63, 3.8) is 0 Å². The van der Waals surface area contributed by atoms with Gasteiger partial charge in [0.05, 0.1) is 19.9 Å². The van der Waals surface area contributed by atoms with Crippen LogP contribution in [0.25, 0.3) is 0 Å². The van der Waals surface area contributed by atoms with Gasteiger partial charge in [0.15, 0.2) is 11.5 Å². The molecule has 29 heavy (non-hydrogen) atoms. The van der Waals surface area contributed by atoms with E-state index in [-0.39, 0.29) is 16.4 Å². The van der Waals surface area contributed by atoms with E-state index in [1.54, 1.807) is 25.5 Å². The van der Waals surface area contributed by atoms with Crippen molar-refractivity contribution in [2.75, 3.05) is 14.2 Å². The van der Waals surface area contributed by atoms with E-state index in [1.807, 2.05) is 24.3 Å².